The number of aromatic nitrogens is 1. The molecule has 0 bridgehead atoms. The molecule has 0 aromatic carbocycles. The molecule has 2 N–H and O–H groups in total. The van der Waals surface area contributed by atoms with E-state index < -0.39 is 0 Å². The van der Waals surface area contributed by atoms with Gasteiger partial charge >= 0.3 is 0 Å². The van der Waals surface area contributed by atoms with E-state index in [-0.39, 0.29) is 29.0 Å². The summed E-state index contributed by atoms with van der Waals surface area (Å²) in [6, 6.07) is 0. The summed E-state index contributed by atoms with van der Waals surface area (Å²) in [6.45, 7) is 3.55. The fraction of sp³-hybridized carbons (Fsp3) is 0.444. The maximum Gasteiger partial charge on any atom is 0.228 e. The molecule has 80 valence electrons. The Bertz CT molecular complexity index is 360. The van der Waals surface area contributed by atoms with Gasteiger partial charge in [-0.25, -0.2) is 0 Å². The average Bonchev–Trinajstić information content (AvgIpc) is 2.09. The number of alkyl halides is 1. The van der Waals surface area contributed by atoms with Crippen molar-refractivity contribution >= 4 is 24.0 Å². The molecule has 0 amide bonds. The predicted octanol–water partition coefficient (Wildman–Crippen LogP) is 2.36. The van der Waals surface area contributed by atoms with Crippen LogP contribution in [0.1, 0.15) is 30.5 Å². The Hall–Kier alpha value is -0.670. The van der Waals surface area contributed by atoms with Crippen LogP contribution in [0.4, 0.5) is 0 Å². The molecule has 0 aliphatic heterocycles. The Morgan fingerprint density at radius 3 is 2.64 bits per heavy atom. The van der Waals surface area contributed by atoms with Gasteiger partial charge in [0.05, 0.1) is 11.1 Å². The maximum absolute atomic E-state index is 11.4. The number of hydrogen-bond acceptors (Lipinski definition) is 2. The highest BCUT2D eigenvalue weighted by atomic mass is 35.5. The van der Waals surface area contributed by atoms with Gasteiger partial charge in [0.2, 0.25) is 5.43 Å². The maximum atomic E-state index is 11.4. The van der Waals surface area contributed by atoms with Gasteiger partial charge in [-0.2, -0.15) is 0 Å². The second-order valence-corrected chi connectivity index (χ2v) is 3.52. The topological polar surface area (TPSA) is 53.1 Å². The number of aromatic amines is 1. The molecule has 0 saturated heterocycles. The minimum atomic E-state index is -0.388. The quantitative estimate of drug-likeness (QED) is 0.777. The molecule has 3 nitrogen and oxygen atoms in total. The number of rotatable bonds is 2. The van der Waals surface area contributed by atoms with Crippen LogP contribution >= 0.6 is 24.0 Å². The first-order valence-electron chi connectivity index (χ1n) is 4.15. The van der Waals surface area contributed by atoms with Crippen molar-refractivity contribution in [2.45, 2.75) is 25.6 Å². The Morgan fingerprint density at radius 2 is 2.21 bits per heavy atom. The minimum absolute atomic E-state index is 0. The Morgan fingerprint density at radius 1 is 1.64 bits per heavy atom. The molecule has 5 heteroatoms. The number of H-pyrrole nitrogens is 1. The van der Waals surface area contributed by atoms with Crippen LogP contribution in [-0.4, -0.2) is 10.1 Å². The lowest BCUT2D eigenvalue weighted by Crippen LogP contribution is -2.11. The number of aryl methyl sites for hydroxylation is 1. The number of nitrogens with one attached hydrogen (secondary N) is 1. The van der Waals surface area contributed by atoms with Gasteiger partial charge in [0.1, 0.15) is 0 Å². The highest BCUT2D eigenvalue weighted by molar-refractivity contribution is 6.20. The summed E-state index contributed by atoms with van der Waals surface area (Å²) in [4.78, 5) is 14.3. The SMILES string of the molecule is CCc1[nH]cc(C(C)Cl)c(=O)c1O.Cl. The van der Waals surface area contributed by atoms with E-state index in [1.807, 2.05) is 6.92 Å². The van der Waals surface area contributed by atoms with E-state index in [2.05, 4.69) is 4.98 Å². The van der Waals surface area contributed by atoms with Crippen LogP contribution in [0.5, 0.6) is 5.75 Å². The zero-order chi connectivity index (χ0) is 10.0. The van der Waals surface area contributed by atoms with Crippen LogP contribution < -0.4 is 5.43 Å². The highest BCUT2D eigenvalue weighted by Gasteiger charge is 2.12. The van der Waals surface area contributed by atoms with Gasteiger partial charge in [0.25, 0.3) is 0 Å². The van der Waals surface area contributed by atoms with Gasteiger partial charge in [-0.1, -0.05) is 6.92 Å². The summed E-state index contributed by atoms with van der Waals surface area (Å²) in [5.74, 6) is -0.215. The summed E-state index contributed by atoms with van der Waals surface area (Å²) in [5.41, 5.74) is 0.570. The second-order valence-electron chi connectivity index (χ2n) is 2.87. The molecule has 0 saturated carbocycles. The van der Waals surface area contributed by atoms with Crippen LogP contribution in [0, 0.1) is 0 Å². The molecular weight excluding hydrogens is 225 g/mol. The van der Waals surface area contributed by atoms with E-state index >= 15 is 0 Å². The van der Waals surface area contributed by atoms with Gasteiger partial charge < -0.3 is 10.1 Å². The van der Waals surface area contributed by atoms with Crippen molar-refractivity contribution < 1.29 is 5.11 Å². The molecule has 0 aliphatic rings. The van der Waals surface area contributed by atoms with Gasteiger partial charge in [0.15, 0.2) is 5.75 Å². The van der Waals surface area contributed by atoms with Crippen molar-refractivity contribution in [3.63, 3.8) is 0 Å². The van der Waals surface area contributed by atoms with Crippen LogP contribution in [0.3, 0.4) is 0 Å². The molecule has 1 heterocycles. The summed E-state index contributed by atoms with van der Waals surface area (Å²) < 4.78 is 0. The molecule has 14 heavy (non-hydrogen) atoms. The zero-order valence-electron chi connectivity index (χ0n) is 8.00. The fourth-order valence-electron chi connectivity index (χ4n) is 1.14. The monoisotopic (exact) mass is 237 g/mol. The standard InChI is InChI=1S/C9H12ClNO2.ClH/c1-3-7-9(13)8(12)6(4-11-7)5(2)10;/h4-5,13H,3H2,1-2H3,(H,11,12);1H. The van der Waals surface area contributed by atoms with Crippen molar-refractivity contribution in [3.8, 4) is 5.75 Å². The first-order chi connectivity index (χ1) is 6.07. The number of aromatic hydroxyl groups is 1. The third kappa shape index (κ3) is 2.42. The van der Waals surface area contributed by atoms with E-state index in [0.29, 0.717) is 17.7 Å². The lowest BCUT2D eigenvalue weighted by atomic mass is 10.1. The summed E-state index contributed by atoms with van der Waals surface area (Å²) >= 11 is 5.74. The Kier molecular flexibility index (Phi) is 5.02. The first-order valence-corrected chi connectivity index (χ1v) is 4.59. The lowest BCUT2D eigenvalue weighted by Gasteiger charge is -2.05. The predicted molar refractivity (Wildman–Crippen MR) is 59.6 cm³/mol. The minimum Gasteiger partial charge on any atom is -0.503 e. The molecule has 1 aromatic rings. The van der Waals surface area contributed by atoms with E-state index in [9.17, 15) is 9.90 Å². The normalized spacial score (nSPS) is 11.9. The van der Waals surface area contributed by atoms with Crippen molar-refractivity contribution in [1.82, 2.24) is 4.98 Å². The molecule has 0 spiro atoms. The van der Waals surface area contributed by atoms with Gasteiger partial charge in [0, 0.05) is 11.8 Å². The zero-order valence-corrected chi connectivity index (χ0v) is 9.58. The van der Waals surface area contributed by atoms with Crippen LogP contribution in [0.15, 0.2) is 11.0 Å². The third-order valence-corrected chi connectivity index (χ3v) is 2.18. The van der Waals surface area contributed by atoms with Gasteiger partial charge in [-0.3, -0.25) is 4.79 Å². The van der Waals surface area contributed by atoms with Crippen molar-refractivity contribution in [1.29, 1.82) is 0 Å². The van der Waals surface area contributed by atoms with E-state index in [1.54, 1.807) is 13.1 Å². The molecule has 1 atom stereocenters. The number of halogens is 2. The second kappa shape index (κ2) is 5.27. The van der Waals surface area contributed by atoms with Crippen molar-refractivity contribution in [2.24, 2.45) is 0 Å². The number of pyridine rings is 1. The van der Waals surface area contributed by atoms with Crippen LogP contribution in [0.2, 0.25) is 0 Å². The molecule has 0 aliphatic carbocycles. The Labute approximate surface area is 93.5 Å². The van der Waals surface area contributed by atoms with Crippen LogP contribution in [-0.2, 0) is 6.42 Å². The van der Waals surface area contributed by atoms with Gasteiger partial charge in [-0.05, 0) is 13.3 Å². The van der Waals surface area contributed by atoms with E-state index in [0.717, 1.165) is 0 Å². The molecule has 1 aromatic heterocycles. The average molecular weight is 238 g/mol. The molecule has 0 fully saturated rings. The molecular formula is C9H13Cl2NO2. The molecule has 1 unspecified atom stereocenters. The molecule has 0 radical (unpaired) electrons. The van der Waals surface area contributed by atoms with Crippen LogP contribution in [0.25, 0.3) is 0 Å². The third-order valence-electron chi connectivity index (χ3n) is 1.95. The Balaban J connectivity index is 0.00000169. The summed E-state index contributed by atoms with van der Waals surface area (Å²) in [5, 5.41) is 9.04. The highest BCUT2D eigenvalue weighted by Crippen LogP contribution is 2.18. The van der Waals surface area contributed by atoms with E-state index in [1.165, 1.54) is 0 Å². The van der Waals surface area contributed by atoms with Gasteiger partial charge in [-0.15, -0.1) is 24.0 Å². The smallest absolute Gasteiger partial charge is 0.228 e. The molecule has 1 rings (SSSR count). The lowest BCUT2D eigenvalue weighted by molar-refractivity contribution is 0.458. The summed E-state index contributed by atoms with van der Waals surface area (Å²) in [6.07, 6.45) is 2.15. The largest absolute Gasteiger partial charge is 0.503 e. The summed E-state index contributed by atoms with van der Waals surface area (Å²) in [7, 11) is 0. The van der Waals surface area contributed by atoms with Crippen molar-refractivity contribution in [3.05, 3.63) is 27.7 Å². The number of hydrogen-bond donors (Lipinski definition) is 2. The fourth-order valence-corrected chi connectivity index (χ4v) is 1.30. The van der Waals surface area contributed by atoms with E-state index in [4.69, 9.17) is 11.6 Å². The van der Waals surface area contributed by atoms with Crippen molar-refractivity contribution in [2.75, 3.05) is 0 Å². The first kappa shape index (κ1) is 13.3.